The van der Waals surface area contributed by atoms with Crippen molar-refractivity contribution in [3.8, 4) is 5.75 Å². The van der Waals surface area contributed by atoms with E-state index in [1.165, 1.54) is 7.11 Å². The molecule has 0 spiro atoms. The summed E-state index contributed by atoms with van der Waals surface area (Å²) in [4.78, 5) is 39.4. The molecule has 9 heteroatoms. The second-order valence-electron chi connectivity index (χ2n) is 6.02. The van der Waals surface area contributed by atoms with E-state index >= 15 is 0 Å². The maximum atomic E-state index is 12.8. The summed E-state index contributed by atoms with van der Waals surface area (Å²) in [6.07, 6.45) is 0. The number of carbonyl (C=O) groups excluding carboxylic acids is 3. The quantitative estimate of drug-likeness (QED) is 0.630. The van der Waals surface area contributed by atoms with Gasteiger partial charge in [0, 0.05) is 18.1 Å². The van der Waals surface area contributed by atoms with Gasteiger partial charge in [-0.3, -0.25) is 9.59 Å². The largest absolute Gasteiger partial charge is 0.484 e. The van der Waals surface area contributed by atoms with Crippen molar-refractivity contribution in [3.63, 3.8) is 0 Å². The fraction of sp³-hybridized carbons (Fsp3) is 0.350. The standard InChI is InChI=1S/C20H23ClN2O5S/c1-5-23(6-2)19(25)17-12(3)16(20(26)27-4)18(29-17)22-15(24)11-28-14-9-7-13(21)8-10-14/h7-10H,5-6,11H2,1-4H3,(H,22,24). The number of nitrogens with one attached hydrogen (secondary N) is 1. The third-order valence-electron chi connectivity index (χ3n) is 4.22. The molecule has 1 aromatic heterocycles. The fourth-order valence-corrected chi connectivity index (χ4v) is 3.96. The van der Waals surface area contributed by atoms with E-state index in [-0.39, 0.29) is 23.1 Å². The first-order valence-corrected chi connectivity index (χ1v) is 10.2. The lowest BCUT2D eigenvalue weighted by molar-refractivity contribution is -0.118. The van der Waals surface area contributed by atoms with Crippen molar-refractivity contribution in [1.29, 1.82) is 0 Å². The Bertz CT molecular complexity index is 891. The summed E-state index contributed by atoms with van der Waals surface area (Å²) < 4.78 is 10.3. The molecule has 2 aromatic rings. The number of amides is 2. The highest BCUT2D eigenvalue weighted by molar-refractivity contribution is 7.18. The van der Waals surface area contributed by atoms with Crippen molar-refractivity contribution in [2.45, 2.75) is 20.8 Å². The number of halogens is 1. The van der Waals surface area contributed by atoms with Crippen LogP contribution in [0.2, 0.25) is 5.02 Å². The third-order valence-corrected chi connectivity index (χ3v) is 5.66. The van der Waals surface area contributed by atoms with Gasteiger partial charge in [-0.05, 0) is 50.6 Å². The maximum Gasteiger partial charge on any atom is 0.341 e. The Hall–Kier alpha value is -2.58. The molecule has 2 rings (SSSR count). The predicted octanol–water partition coefficient (Wildman–Crippen LogP) is 4.00. The number of thiophene rings is 1. The van der Waals surface area contributed by atoms with E-state index in [0.29, 0.717) is 34.3 Å². The summed E-state index contributed by atoms with van der Waals surface area (Å²) >= 11 is 6.87. The van der Waals surface area contributed by atoms with Gasteiger partial charge < -0.3 is 19.7 Å². The smallest absolute Gasteiger partial charge is 0.341 e. The molecule has 7 nitrogen and oxygen atoms in total. The van der Waals surface area contributed by atoms with E-state index in [1.54, 1.807) is 36.1 Å². The number of nitrogens with zero attached hydrogens (tertiary/aromatic N) is 1. The molecule has 156 valence electrons. The Labute approximate surface area is 178 Å². The first kappa shape index (κ1) is 22.7. The van der Waals surface area contributed by atoms with E-state index in [4.69, 9.17) is 21.1 Å². The molecule has 1 aromatic carbocycles. The molecule has 1 heterocycles. The van der Waals surface area contributed by atoms with Gasteiger partial charge in [0.25, 0.3) is 11.8 Å². The Balaban J connectivity index is 2.22. The molecule has 0 bridgehead atoms. The van der Waals surface area contributed by atoms with E-state index < -0.39 is 11.9 Å². The van der Waals surface area contributed by atoms with Crippen LogP contribution >= 0.6 is 22.9 Å². The van der Waals surface area contributed by atoms with Crippen LogP contribution in [0.15, 0.2) is 24.3 Å². The minimum atomic E-state index is -0.619. The minimum Gasteiger partial charge on any atom is -0.484 e. The molecule has 0 aliphatic heterocycles. The zero-order valence-electron chi connectivity index (χ0n) is 16.7. The molecule has 0 aliphatic carbocycles. The van der Waals surface area contributed by atoms with Gasteiger partial charge in [0.1, 0.15) is 10.8 Å². The molecular formula is C20H23ClN2O5S. The van der Waals surface area contributed by atoms with Gasteiger partial charge in [-0.2, -0.15) is 0 Å². The molecular weight excluding hydrogens is 416 g/mol. The van der Waals surface area contributed by atoms with Crippen molar-refractivity contribution in [2.75, 3.05) is 32.1 Å². The first-order chi connectivity index (χ1) is 13.8. The minimum absolute atomic E-state index is 0.174. The van der Waals surface area contributed by atoms with Gasteiger partial charge in [0.05, 0.1) is 17.6 Å². The zero-order valence-corrected chi connectivity index (χ0v) is 18.3. The van der Waals surface area contributed by atoms with Crippen LogP contribution in [0, 0.1) is 6.92 Å². The average Bonchev–Trinajstić information content (AvgIpc) is 3.03. The van der Waals surface area contributed by atoms with Crippen molar-refractivity contribution in [3.05, 3.63) is 45.3 Å². The van der Waals surface area contributed by atoms with Crippen molar-refractivity contribution < 1.29 is 23.9 Å². The normalized spacial score (nSPS) is 10.4. The number of rotatable bonds is 8. The Morgan fingerprint density at radius 1 is 1.14 bits per heavy atom. The van der Waals surface area contributed by atoms with Crippen LogP contribution in [0.4, 0.5) is 5.00 Å². The Morgan fingerprint density at radius 3 is 2.31 bits per heavy atom. The summed E-state index contributed by atoms with van der Waals surface area (Å²) in [5, 5.41) is 3.47. The molecule has 0 aliphatic rings. The van der Waals surface area contributed by atoms with Gasteiger partial charge in [0.15, 0.2) is 6.61 Å². The Morgan fingerprint density at radius 2 is 1.76 bits per heavy atom. The topological polar surface area (TPSA) is 84.9 Å². The van der Waals surface area contributed by atoms with Gasteiger partial charge in [0.2, 0.25) is 0 Å². The highest BCUT2D eigenvalue weighted by Crippen LogP contribution is 2.34. The molecule has 2 amide bonds. The number of methoxy groups -OCH3 is 1. The van der Waals surface area contributed by atoms with Gasteiger partial charge >= 0.3 is 5.97 Å². The second-order valence-corrected chi connectivity index (χ2v) is 7.48. The molecule has 0 atom stereocenters. The predicted molar refractivity (Wildman–Crippen MR) is 113 cm³/mol. The fourth-order valence-electron chi connectivity index (χ4n) is 2.65. The van der Waals surface area contributed by atoms with Gasteiger partial charge in [-0.1, -0.05) is 11.6 Å². The van der Waals surface area contributed by atoms with E-state index in [9.17, 15) is 14.4 Å². The zero-order chi connectivity index (χ0) is 21.6. The summed E-state index contributed by atoms with van der Waals surface area (Å²) in [6, 6.07) is 6.59. The molecule has 0 fully saturated rings. The lowest BCUT2D eigenvalue weighted by atomic mass is 10.1. The highest BCUT2D eigenvalue weighted by Gasteiger charge is 2.28. The number of anilines is 1. The maximum absolute atomic E-state index is 12.8. The molecule has 0 radical (unpaired) electrons. The van der Waals surface area contributed by atoms with E-state index in [1.807, 2.05) is 13.8 Å². The van der Waals surface area contributed by atoms with E-state index in [0.717, 1.165) is 11.3 Å². The van der Waals surface area contributed by atoms with Crippen LogP contribution in [-0.4, -0.2) is 49.5 Å². The third kappa shape index (κ3) is 5.48. The summed E-state index contributed by atoms with van der Waals surface area (Å²) in [6.45, 7) is 6.23. The number of hydrogen-bond acceptors (Lipinski definition) is 6. The molecule has 29 heavy (non-hydrogen) atoms. The number of ether oxygens (including phenoxy) is 2. The SMILES string of the molecule is CCN(CC)C(=O)c1sc(NC(=O)COc2ccc(Cl)cc2)c(C(=O)OC)c1C. The number of hydrogen-bond donors (Lipinski definition) is 1. The summed E-state index contributed by atoms with van der Waals surface area (Å²) in [7, 11) is 1.25. The van der Waals surface area contributed by atoms with Crippen molar-refractivity contribution in [2.24, 2.45) is 0 Å². The summed E-state index contributed by atoms with van der Waals surface area (Å²) in [5.41, 5.74) is 0.653. The van der Waals surface area contributed by atoms with Crippen LogP contribution in [0.3, 0.4) is 0 Å². The van der Waals surface area contributed by atoms with Crippen LogP contribution < -0.4 is 10.1 Å². The lowest BCUT2D eigenvalue weighted by Crippen LogP contribution is -2.30. The van der Waals surface area contributed by atoms with E-state index in [2.05, 4.69) is 5.32 Å². The number of esters is 1. The van der Waals surface area contributed by atoms with Gasteiger partial charge in [-0.15, -0.1) is 11.3 Å². The first-order valence-electron chi connectivity index (χ1n) is 9.01. The monoisotopic (exact) mass is 438 g/mol. The van der Waals surface area contributed by atoms with Crippen LogP contribution in [0.1, 0.15) is 39.4 Å². The van der Waals surface area contributed by atoms with Crippen LogP contribution in [0.25, 0.3) is 0 Å². The van der Waals surface area contributed by atoms with Gasteiger partial charge in [-0.25, -0.2) is 4.79 Å². The molecule has 0 unspecified atom stereocenters. The molecule has 1 N–H and O–H groups in total. The lowest BCUT2D eigenvalue weighted by Gasteiger charge is -2.17. The molecule has 0 saturated heterocycles. The van der Waals surface area contributed by atoms with Crippen molar-refractivity contribution >= 4 is 45.7 Å². The highest BCUT2D eigenvalue weighted by atomic mass is 35.5. The summed E-state index contributed by atoms with van der Waals surface area (Å²) in [5.74, 6) is -0.794. The van der Waals surface area contributed by atoms with Crippen LogP contribution in [-0.2, 0) is 9.53 Å². The van der Waals surface area contributed by atoms with Crippen LogP contribution in [0.5, 0.6) is 5.75 Å². The Kier molecular flexibility index (Phi) is 8.04. The number of carbonyl (C=O) groups is 3. The molecule has 0 saturated carbocycles. The number of benzene rings is 1. The average molecular weight is 439 g/mol. The van der Waals surface area contributed by atoms with Crippen molar-refractivity contribution in [1.82, 2.24) is 4.90 Å². The second kappa shape index (κ2) is 10.3.